The van der Waals surface area contributed by atoms with Gasteiger partial charge >= 0.3 is 0 Å². The highest BCUT2D eigenvalue weighted by molar-refractivity contribution is 5.81. The summed E-state index contributed by atoms with van der Waals surface area (Å²) in [5, 5.41) is 14.0. The van der Waals surface area contributed by atoms with Crippen LogP contribution in [0.2, 0.25) is 0 Å². The van der Waals surface area contributed by atoms with Gasteiger partial charge in [-0.1, -0.05) is 36.8 Å². The van der Waals surface area contributed by atoms with Crippen molar-refractivity contribution in [1.29, 1.82) is 0 Å². The first-order chi connectivity index (χ1) is 10.2. The Hall–Kier alpha value is -2.37. The van der Waals surface area contributed by atoms with Crippen molar-refractivity contribution in [3.05, 3.63) is 35.7 Å². The van der Waals surface area contributed by atoms with E-state index in [0.29, 0.717) is 12.4 Å². The molecule has 0 atom stereocenters. The molecule has 2 aromatic heterocycles. The Balaban J connectivity index is 2.02. The van der Waals surface area contributed by atoms with E-state index in [2.05, 4.69) is 36.3 Å². The second-order valence-electron chi connectivity index (χ2n) is 5.11. The van der Waals surface area contributed by atoms with Crippen molar-refractivity contribution < 1.29 is 0 Å². The van der Waals surface area contributed by atoms with Crippen LogP contribution in [0.4, 0.5) is 5.82 Å². The Labute approximate surface area is 123 Å². The van der Waals surface area contributed by atoms with Crippen molar-refractivity contribution in [3.8, 4) is 0 Å². The lowest BCUT2D eigenvalue weighted by Crippen LogP contribution is -2.08. The van der Waals surface area contributed by atoms with Crippen molar-refractivity contribution in [3.63, 3.8) is 0 Å². The number of anilines is 1. The Morgan fingerprint density at radius 1 is 1.14 bits per heavy atom. The Kier molecular flexibility index (Phi) is 3.60. The summed E-state index contributed by atoms with van der Waals surface area (Å²) in [6, 6.07) is 8.27. The zero-order valence-electron chi connectivity index (χ0n) is 12.5. The molecular formula is C15H20N6. The van der Waals surface area contributed by atoms with Crippen LogP contribution < -0.4 is 5.73 Å². The number of fused-ring (bicyclic) bond motifs is 1. The van der Waals surface area contributed by atoms with Gasteiger partial charge in [-0.15, -0.1) is 5.10 Å². The second kappa shape index (κ2) is 5.55. The SMILES string of the molecule is CCCc1c(N)nnn1Cc1nn(CC)c2ccccc12. The van der Waals surface area contributed by atoms with Gasteiger partial charge in [-0.2, -0.15) is 5.10 Å². The summed E-state index contributed by atoms with van der Waals surface area (Å²) >= 11 is 0. The molecule has 2 heterocycles. The van der Waals surface area contributed by atoms with E-state index in [1.807, 2.05) is 21.5 Å². The van der Waals surface area contributed by atoms with E-state index in [1.165, 1.54) is 0 Å². The van der Waals surface area contributed by atoms with Crippen LogP contribution in [0.25, 0.3) is 10.9 Å². The quantitative estimate of drug-likeness (QED) is 0.779. The third kappa shape index (κ3) is 2.37. The molecule has 2 N–H and O–H groups in total. The van der Waals surface area contributed by atoms with Crippen molar-refractivity contribution in [2.45, 2.75) is 39.8 Å². The predicted molar refractivity (Wildman–Crippen MR) is 82.9 cm³/mol. The van der Waals surface area contributed by atoms with E-state index in [0.717, 1.165) is 41.7 Å². The van der Waals surface area contributed by atoms with Crippen LogP contribution in [0.3, 0.4) is 0 Å². The number of nitrogens with two attached hydrogens (primary N) is 1. The average molecular weight is 284 g/mol. The molecule has 0 aliphatic rings. The normalized spacial score (nSPS) is 11.3. The number of aryl methyl sites for hydroxylation is 1. The third-order valence-corrected chi connectivity index (χ3v) is 3.69. The largest absolute Gasteiger partial charge is 0.381 e. The fourth-order valence-electron chi connectivity index (χ4n) is 2.66. The van der Waals surface area contributed by atoms with Gasteiger partial charge in [0.15, 0.2) is 5.82 Å². The number of para-hydroxylation sites is 1. The van der Waals surface area contributed by atoms with Gasteiger partial charge in [0.2, 0.25) is 0 Å². The predicted octanol–water partition coefficient (Wildman–Crippen LogP) is 2.23. The molecule has 0 unspecified atom stereocenters. The lowest BCUT2D eigenvalue weighted by molar-refractivity contribution is 0.588. The molecule has 0 saturated carbocycles. The summed E-state index contributed by atoms with van der Waals surface area (Å²) in [6.45, 7) is 5.67. The standard InChI is InChI=1S/C15H20N6/c1-3-7-14-15(16)17-19-21(14)10-12-11-8-5-6-9-13(11)20(4-2)18-12/h5-6,8-9H,3-4,7,10,16H2,1-2H3. The fraction of sp³-hybridized carbons (Fsp3) is 0.400. The summed E-state index contributed by atoms with van der Waals surface area (Å²) < 4.78 is 3.89. The lowest BCUT2D eigenvalue weighted by atomic mass is 10.2. The summed E-state index contributed by atoms with van der Waals surface area (Å²) in [5.41, 5.74) is 9.06. The maximum Gasteiger partial charge on any atom is 0.169 e. The van der Waals surface area contributed by atoms with E-state index in [9.17, 15) is 0 Å². The molecule has 0 amide bonds. The molecule has 6 heteroatoms. The molecule has 0 aliphatic heterocycles. The lowest BCUT2D eigenvalue weighted by Gasteiger charge is -2.04. The molecule has 0 bridgehead atoms. The Morgan fingerprint density at radius 3 is 2.71 bits per heavy atom. The van der Waals surface area contributed by atoms with Gasteiger partial charge in [0, 0.05) is 11.9 Å². The Morgan fingerprint density at radius 2 is 1.95 bits per heavy atom. The molecule has 0 spiro atoms. The van der Waals surface area contributed by atoms with E-state index in [-0.39, 0.29) is 0 Å². The Bertz CT molecular complexity index is 755. The number of nitrogens with zero attached hydrogens (tertiary/aromatic N) is 5. The topological polar surface area (TPSA) is 74.6 Å². The maximum atomic E-state index is 5.91. The van der Waals surface area contributed by atoms with E-state index >= 15 is 0 Å². The number of aromatic nitrogens is 5. The monoisotopic (exact) mass is 284 g/mol. The summed E-state index contributed by atoms with van der Waals surface area (Å²) in [5.74, 6) is 0.524. The summed E-state index contributed by atoms with van der Waals surface area (Å²) in [7, 11) is 0. The molecule has 6 nitrogen and oxygen atoms in total. The zero-order chi connectivity index (χ0) is 14.8. The van der Waals surface area contributed by atoms with Gasteiger partial charge in [0.05, 0.1) is 23.4 Å². The number of hydrogen-bond donors (Lipinski definition) is 1. The van der Waals surface area contributed by atoms with Gasteiger partial charge < -0.3 is 5.73 Å². The van der Waals surface area contributed by atoms with Gasteiger partial charge in [-0.3, -0.25) is 4.68 Å². The van der Waals surface area contributed by atoms with Crippen LogP contribution in [0.15, 0.2) is 24.3 Å². The van der Waals surface area contributed by atoms with Gasteiger partial charge in [-0.05, 0) is 19.4 Å². The molecule has 0 saturated heterocycles. The number of rotatable bonds is 5. The molecule has 3 aromatic rings. The minimum atomic E-state index is 0.524. The molecule has 0 aliphatic carbocycles. The van der Waals surface area contributed by atoms with Crippen molar-refractivity contribution in [2.75, 3.05) is 5.73 Å². The van der Waals surface area contributed by atoms with E-state index in [1.54, 1.807) is 0 Å². The fourth-order valence-corrected chi connectivity index (χ4v) is 2.66. The van der Waals surface area contributed by atoms with Gasteiger partial charge in [-0.25, -0.2) is 4.68 Å². The molecular weight excluding hydrogens is 264 g/mol. The highest BCUT2D eigenvalue weighted by atomic mass is 15.4. The third-order valence-electron chi connectivity index (χ3n) is 3.69. The molecule has 21 heavy (non-hydrogen) atoms. The highest BCUT2D eigenvalue weighted by Crippen LogP contribution is 2.20. The molecule has 0 radical (unpaired) electrons. The first kappa shape index (κ1) is 13.6. The van der Waals surface area contributed by atoms with Crippen LogP contribution in [0.5, 0.6) is 0 Å². The first-order valence-corrected chi connectivity index (χ1v) is 7.36. The van der Waals surface area contributed by atoms with Crippen LogP contribution in [-0.2, 0) is 19.5 Å². The number of nitrogen functional groups attached to an aromatic ring is 1. The maximum absolute atomic E-state index is 5.91. The van der Waals surface area contributed by atoms with Crippen LogP contribution in [0.1, 0.15) is 31.7 Å². The molecule has 3 rings (SSSR count). The van der Waals surface area contributed by atoms with Gasteiger partial charge in [0.1, 0.15) is 0 Å². The van der Waals surface area contributed by atoms with E-state index < -0.39 is 0 Å². The van der Waals surface area contributed by atoms with E-state index in [4.69, 9.17) is 10.8 Å². The molecule has 0 fully saturated rings. The first-order valence-electron chi connectivity index (χ1n) is 7.36. The molecule has 1 aromatic carbocycles. The summed E-state index contributed by atoms with van der Waals surface area (Å²) in [4.78, 5) is 0. The minimum Gasteiger partial charge on any atom is -0.381 e. The van der Waals surface area contributed by atoms with Gasteiger partial charge in [0.25, 0.3) is 0 Å². The zero-order valence-corrected chi connectivity index (χ0v) is 12.5. The highest BCUT2D eigenvalue weighted by Gasteiger charge is 2.14. The second-order valence-corrected chi connectivity index (χ2v) is 5.11. The average Bonchev–Trinajstić information content (AvgIpc) is 3.03. The molecule has 110 valence electrons. The van der Waals surface area contributed by atoms with Crippen LogP contribution in [-0.4, -0.2) is 24.8 Å². The van der Waals surface area contributed by atoms with Crippen LogP contribution >= 0.6 is 0 Å². The number of benzene rings is 1. The van der Waals surface area contributed by atoms with Crippen molar-refractivity contribution in [1.82, 2.24) is 24.8 Å². The minimum absolute atomic E-state index is 0.524. The van der Waals surface area contributed by atoms with Crippen molar-refractivity contribution >= 4 is 16.7 Å². The smallest absolute Gasteiger partial charge is 0.169 e. The summed E-state index contributed by atoms with van der Waals surface area (Å²) in [6.07, 6.45) is 1.90. The van der Waals surface area contributed by atoms with Crippen molar-refractivity contribution in [2.24, 2.45) is 0 Å². The number of hydrogen-bond acceptors (Lipinski definition) is 4. The van der Waals surface area contributed by atoms with Crippen LogP contribution in [0, 0.1) is 0 Å².